The second-order valence-corrected chi connectivity index (χ2v) is 6.67. The molecule has 4 N–H and O–H groups in total. The Bertz CT molecular complexity index is 310. The van der Waals surface area contributed by atoms with E-state index in [0.29, 0.717) is 12.8 Å². The highest BCUT2D eigenvalue weighted by Gasteiger charge is 2.26. The Morgan fingerprint density at radius 2 is 1.46 bits per heavy atom. The van der Waals surface area contributed by atoms with Crippen molar-refractivity contribution in [1.29, 1.82) is 0 Å². The summed E-state index contributed by atoms with van der Waals surface area (Å²) in [6.07, 6.45) is 17.7. The first kappa shape index (κ1) is 22.9. The average Bonchev–Trinajstić information content (AvgIpc) is 3.00. The van der Waals surface area contributed by atoms with E-state index in [-0.39, 0.29) is 5.91 Å². The molecule has 1 saturated heterocycles. The van der Waals surface area contributed by atoms with Gasteiger partial charge in [-0.05, 0) is 19.4 Å². The molecule has 1 aliphatic rings. The molecule has 1 rings (SSSR count). The topological polar surface area (TPSA) is 92.4 Å². The van der Waals surface area contributed by atoms with E-state index in [1.165, 1.54) is 77.0 Å². The molecule has 1 heterocycles. The summed E-state index contributed by atoms with van der Waals surface area (Å²) in [5.41, 5.74) is 5.45. The van der Waals surface area contributed by atoms with Crippen molar-refractivity contribution in [2.45, 2.75) is 103 Å². The molecule has 5 nitrogen and oxygen atoms in total. The highest BCUT2D eigenvalue weighted by atomic mass is 16.4. The summed E-state index contributed by atoms with van der Waals surface area (Å²) in [5.74, 6) is -1.11. The lowest BCUT2D eigenvalue weighted by molar-refractivity contribution is -0.140. The molecule has 142 valence electrons. The molecule has 0 aliphatic carbocycles. The second-order valence-electron chi connectivity index (χ2n) is 6.67. The summed E-state index contributed by atoms with van der Waals surface area (Å²) in [6.45, 7) is 3.15. The predicted molar refractivity (Wildman–Crippen MR) is 98.9 cm³/mol. The number of carbonyl (C=O) groups is 2. The van der Waals surface area contributed by atoms with Crippen molar-refractivity contribution < 1.29 is 14.7 Å². The van der Waals surface area contributed by atoms with Gasteiger partial charge in [0.15, 0.2) is 0 Å². The van der Waals surface area contributed by atoms with Crippen molar-refractivity contribution in [2.75, 3.05) is 6.54 Å². The molecule has 0 saturated carbocycles. The molecule has 0 aromatic heterocycles. The van der Waals surface area contributed by atoms with Gasteiger partial charge in [-0.25, -0.2) is 4.79 Å². The Morgan fingerprint density at radius 3 is 1.75 bits per heavy atom. The van der Waals surface area contributed by atoms with Crippen LogP contribution in [0.5, 0.6) is 0 Å². The molecule has 1 fully saturated rings. The largest absolute Gasteiger partial charge is 0.480 e. The maximum absolute atomic E-state index is 10.4. The molecule has 0 radical (unpaired) electrons. The van der Waals surface area contributed by atoms with Gasteiger partial charge in [-0.3, -0.25) is 4.79 Å². The van der Waals surface area contributed by atoms with Crippen molar-refractivity contribution in [3.05, 3.63) is 0 Å². The van der Waals surface area contributed by atoms with Crippen LogP contribution in [0.2, 0.25) is 0 Å². The number of hydrogen-bond acceptors (Lipinski definition) is 3. The predicted octanol–water partition coefficient (Wildman–Crippen LogP) is 4.00. The molecular formula is C19H38N2O3. The van der Waals surface area contributed by atoms with Crippen LogP contribution < -0.4 is 11.1 Å². The lowest BCUT2D eigenvalue weighted by atomic mass is 10.1. The lowest BCUT2D eigenvalue weighted by Gasteiger charge is -2.01. The van der Waals surface area contributed by atoms with E-state index in [1.54, 1.807) is 0 Å². The Balaban J connectivity index is 0.000000496. The lowest BCUT2D eigenvalue weighted by Crippen LogP contribution is -2.32. The zero-order valence-corrected chi connectivity index (χ0v) is 15.5. The van der Waals surface area contributed by atoms with Crippen LogP contribution in [0.1, 0.15) is 96.8 Å². The molecule has 1 amide bonds. The van der Waals surface area contributed by atoms with Crippen molar-refractivity contribution in [2.24, 2.45) is 5.73 Å². The molecule has 24 heavy (non-hydrogen) atoms. The van der Waals surface area contributed by atoms with Crippen LogP contribution in [-0.2, 0) is 9.59 Å². The average molecular weight is 343 g/mol. The molecule has 0 unspecified atom stereocenters. The smallest absolute Gasteiger partial charge is 0.326 e. The number of hydrogen-bond donors (Lipinski definition) is 3. The molecule has 5 heteroatoms. The molecule has 0 aromatic rings. The van der Waals surface area contributed by atoms with Gasteiger partial charge < -0.3 is 16.2 Å². The first-order chi connectivity index (χ1) is 11.6. The van der Waals surface area contributed by atoms with E-state index in [1.807, 2.05) is 0 Å². The maximum atomic E-state index is 10.4. The zero-order valence-electron chi connectivity index (χ0n) is 15.5. The van der Waals surface area contributed by atoms with E-state index >= 15 is 0 Å². The highest BCUT2D eigenvalue weighted by Crippen LogP contribution is 2.11. The number of nitrogens with one attached hydrogen (secondary N) is 1. The summed E-state index contributed by atoms with van der Waals surface area (Å²) in [7, 11) is 0. The van der Waals surface area contributed by atoms with Crippen LogP contribution in [0.25, 0.3) is 0 Å². The van der Waals surface area contributed by atoms with Gasteiger partial charge in [0.25, 0.3) is 0 Å². The summed E-state index contributed by atoms with van der Waals surface area (Å²) in [5, 5.41) is 10.6. The molecule has 0 bridgehead atoms. The molecule has 0 spiro atoms. The fourth-order valence-electron chi connectivity index (χ4n) is 2.78. The number of rotatable bonds is 13. The van der Waals surface area contributed by atoms with Crippen molar-refractivity contribution >= 4 is 11.9 Å². The van der Waals surface area contributed by atoms with E-state index in [4.69, 9.17) is 10.8 Å². The SMILES string of the molecule is CCCCCCCCCCCCCCN.O=C1CC[C@@H](C(=O)O)N1. The van der Waals surface area contributed by atoms with Crippen LogP contribution in [0.15, 0.2) is 0 Å². The Labute approximate surface area is 147 Å². The van der Waals surface area contributed by atoms with Crippen LogP contribution in [0.3, 0.4) is 0 Å². The van der Waals surface area contributed by atoms with E-state index in [0.717, 1.165) is 6.54 Å². The van der Waals surface area contributed by atoms with Crippen molar-refractivity contribution in [3.8, 4) is 0 Å². The summed E-state index contributed by atoms with van der Waals surface area (Å²) in [4.78, 5) is 20.5. The number of carbonyl (C=O) groups excluding carboxylic acids is 1. The first-order valence-electron chi connectivity index (χ1n) is 9.84. The second kappa shape index (κ2) is 16.7. The monoisotopic (exact) mass is 342 g/mol. The van der Waals surface area contributed by atoms with Gasteiger partial charge >= 0.3 is 5.97 Å². The van der Waals surface area contributed by atoms with Gasteiger partial charge in [0.2, 0.25) is 5.91 Å². The fraction of sp³-hybridized carbons (Fsp3) is 0.895. The quantitative estimate of drug-likeness (QED) is 0.441. The zero-order chi connectivity index (χ0) is 18.0. The summed E-state index contributed by atoms with van der Waals surface area (Å²) >= 11 is 0. The van der Waals surface area contributed by atoms with Crippen LogP contribution >= 0.6 is 0 Å². The number of aliphatic carboxylic acids is 1. The Morgan fingerprint density at radius 1 is 1.00 bits per heavy atom. The Kier molecular flexibility index (Phi) is 16.0. The minimum atomic E-state index is -0.944. The van der Waals surface area contributed by atoms with Crippen molar-refractivity contribution in [3.63, 3.8) is 0 Å². The van der Waals surface area contributed by atoms with Crippen LogP contribution in [-0.4, -0.2) is 29.6 Å². The van der Waals surface area contributed by atoms with Gasteiger partial charge in [-0.15, -0.1) is 0 Å². The van der Waals surface area contributed by atoms with E-state index < -0.39 is 12.0 Å². The van der Waals surface area contributed by atoms with Gasteiger partial charge in [-0.2, -0.15) is 0 Å². The fourth-order valence-corrected chi connectivity index (χ4v) is 2.78. The standard InChI is InChI=1S/C14H31N.C5H7NO3/c1-2-3-4-5-6-7-8-9-10-11-12-13-14-15;7-4-2-1-3(6-4)5(8)9/h2-15H2,1H3;3H,1-2H2,(H,6,7)(H,8,9)/t;3-/m.0/s1. The normalized spacial score (nSPS) is 16.4. The molecule has 0 aromatic carbocycles. The minimum absolute atomic E-state index is 0.164. The van der Waals surface area contributed by atoms with Crippen LogP contribution in [0.4, 0.5) is 0 Å². The summed E-state index contributed by atoms with van der Waals surface area (Å²) in [6, 6.07) is -0.641. The van der Waals surface area contributed by atoms with Gasteiger partial charge in [0, 0.05) is 6.42 Å². The number of amides is 1. The van der Waals surface area contributed by atoms with Gasteiger partial charge in [-0.1, -0.05) is 77.6 Å². The molecule has 1 atom stereocenters. The summed E-state index contributed by atoms with van der Waals surface area (Å²) < 4.78 is 0. The first-order valence-corrected chi connectivity index (χ1v) is 9.84. The number of unbranched alkanes of at least 4 members (excludes halogenated alkanes) is 11. The minimum Gasteiger partial charge on any atom is -0.480 e. The van der Waals surface area contributed by atoms with Crippen molar-refractivity contribution in [1.82, 2.24) is 5.32 Å². The third-order valence-corrected chi connectivity index (χ3v) is 4.35. The third-order valence-electron chi connectivity index (χ3n) is 4.35. The molecular weight excluding hydrogens is 304 g/mol. The Hall–Kier alpha value is -1.10. The van der Waals surface area contributed by atoms with Gasteiger partial charge in [0.1, 0.15) is 6.04 Å². The van der Waals surface area contributed by atoms with E-state index in [9.17, 15) is 9.59 Å². The third kappa shape index (κ3) is 14.5. The number of carboxylic acids is 1. The maximum Gasteiger partial charge on any atom is 0.326 e. The highest BCUT2D eigenvalue weighted by molar-refractivity contribution is 5.87. The molecule has 1 aliphatic heterocycles. The number of carboxylic acid groups (broad SMARTS) is 1. The van der Waals surface area contributed by atoms with E-state index in [2.05, 4.69) is 12.2 Å². The number of nitrogens with two attached hydrogens (primary N) is 1. The van der Waals surface area contributed by atoms with Crippen LogP contribution in [0, 0.1) is 0 Å². The van der Waals surface area contributed by atoms with Gasteiger partial charge in [0.05, 0.1) is 0 Å².